The lowest BCUT2D eigenvalue weighted by Crippen LogP contribution is -2.37. The van der Waals surface area contributed by atoms with Gasteiger partial charge >= 0.3 is 0 Å². The Bertz CT molecular complexity index is 899. The fourth-order valence-corrected chi connectivity index (χ4v) is 3.84. The van der Waals surface area contributed by atoms with Gasteiger partial charge in [0.15, 0.2) is 0 Å². The van der Waals surface area contributed by atoms with Gasteiger partial charge in [0, 0.05) is 56.6 Å². The fourth-order valence-electron chi connectivity index (χ4n) is 3.84. The van der Waals surface area contributed by atoms with E-state index in [1.165, 1.54) is 0 Å². The summed E-state index contributed by atoms with van der Waals surface area (Å²) in [6.45, 7) is 1.88. The molecule has 1 atom stereocenters. The van der Waals surface area contributed by atoms with Gasteiger partial charge in [-0.2, -0.15) is 0 Å². The molecule has 1 unspecified atom stereocenters. The second kappa shape index (κ2) is 9.52. The molecule has 2 aliphatic rings. The van der Waals surface area contributed by atoms with Crippen LogP contribution in [-0.4, -0.2) is 50.1 Å². The van der Waals surface area contributed by atoms with Crippen molar-refractivity contribution in [2.24, 2.45) is 5.92 Å². The number of nitrogens with one attached hydrogen (secondary N) is 1. The molecule has 2 fully saturated rings. The quantitative estimate of drug-likeness (QED) is 0.702. The van der Waals surface area contributed by atoms with E-state index in [1.807, 2.05) is 31.1 Å². The number of hydrogen-bond donors (Lipinski definition) is 1. The number of amides is 2. The molecule has 2 aromatic rings. The Hall–Kier alpha value is -2.86. The Labute approximate surface area is 184 Å². The van der Waals surface area contributed by atoms with Crippen molar-refractivity contribution >= 4 is 23.2 Å². The van der Waals surface area contributed by atoms with E-state index in [-0.39, 0.29) is 23.8 Å². The van der Waals surface area contributed by atoms with E-state index in [9.17, 15) is 9.59 Å². The van der Waals surface area contributed by atoms with Crippen LogP contribution in [-0.2, 0) is 16.1 Å². The number of ether oxygens (including phenoxy) is 1. The maximum absolute atomic E-state index is 13.3. The summed E-state index contributed by atoms with van der Waals surface area (Å²) < 4.78 is 5.80. The van der Waals surface area contributed by atoms with Crippen LogP contribution in [0.5, 0.6) is 0 Å². The maximum Gasteiger partial charge on any atom is 0.254 e. The number of rotatable bonds is 8. The van der Waals surface area contributed by atoms with Crippen LogP contribution in [0.4, 0.5) is 11.4 Å². The molecule has 2 aromatic carbocycles. The number of benzene rings is 2. The molecule has 1 aliphatic heterocycles. The molecular formula is C25H31N3O3. The zero-order valence-corrected chi connectivity index (χ0v) is 18.3. The van der Waals surface area contributed by atoms with Crippen LogP contribution in [0.15, 0.2) is 48.5 Å². The molecule has 2 amide bonds. The summed E-state index contributed by atoms with van der Waals surface area (Å²) >= 11 is 0. The van der Waals surface area contributed by atoms with Gasteiger partial charge in [0.05, 0.1) is 6.10 Å². The highest BCUT2D eigenvalue weighted by Gasteiger charge is 2.29. The Balaban J connectivity index is 1.46. The molecule has 0 radical (unpaired) electrons. The van der Waals surface area contributed by atoms with Gasteiger partial charge in [-0.25, -0.2) is 0 Å². The zero-order chi connectivity index (χ0) is 21.8. The summed E-state index contributed by atoms with van der Waals surface area (Å²) in [4.78, 5) is 29.2. The average molecular weight is 422 g/mol. The number of hydrogen-bond acceptors (Lipinski definition) is 4. The van der Waals surface area contributed by atoms with E-state index in [0.29, 0.717) is 18.7 Å². The molecule has 1 N–H and O–H groups in total. The first-order chi connectivity index (χ1) is 15.0. The Morgan fingerprint density at radius 1 is 1.00 bits per heavy atom. The van der Waals surface area contributed by atoms with Gasteiger partial charge in [-0.05, 0) is 67.6 Å². The van der Waals surface area contributed by atoms with Crippen molar-refractivity contribution in [3.05, 3.63) is 59.7 Å². The molecule has 0 aromatic heterocycles. The third kappa shape index (κ3) is 5.64. The minimum Gasteiger partial charge on any atom is -0.378 e. The molecule has 0 spiro atoms. The van der Waals surface area contributed by atoms with Gasteiger partial charge in [-0.3, -0.25) is 9.59 Å². The summed E-state index contributed by atoms with van der Waals surface area (Å²) in [7, 11) is 4.03. The van der Waals surface area contributed by atoms with Crippen molar-refractivity contribution in [1.29, 1.82) is 0 Å². The summed E-state index contributed by atoms with van der Waals surface area (Å²) in [6, 6.07) is 15.5. The standard InChI is InChI=1S/C25H31N3O3/c1-27(2)22-13-5-18(6-14-22)16-28(17-23-4-3-15-31-23)25(30)20-9-11-21(12-10-20)26-24(29)19-7-8-19/h5-6,9-14,19,23H,3-4,7-8,15-17H2,1-2H3,(H,26,29). The van der Waals surface area contributed by atoms with Crippen molar-refractivity contribution < 1.29 is 14.3 Å². The molecule has 1 heterocycles. The van der Waals surface area contributed by atoms with Crippen molar-refractivity contribution in [3.8, 4) is 0 Å². The predicted octanol–water partition coefficient (Wildman–Crippen LogP) is 3.92. The minimum atomic E-state index is -0.0211. The molecule has 6 heteroatoms. The van der Waals surface area contributed by atoms with E-state index in [2.05, 4.69) is 34.5 Å². The molecule has 0 bridgehead atoms. The highest BCUT2D eigenvalue weighted by molar-refractivity contribution is 5.96. The van der Waals surface area contributed by atoms with Crippen LogP contribution < -0.4 is 10.2 Å². The Morgan fingerprint density at radius 2 is 1.71 bits per heavy atom. The van der Waals surface area contributed by atoms with Crippen molar-refractivity contribution in [2.75, 3.05) is 37.5 Å². The zero-order valence-electron chi connectivity index (χ0n) is 18.3. The van der Waals surface area contributed by atoms with Crippen LogP contribution in [0.3, 0.4) is 0 Å². The van der Waals surface area contributed by atoms with Gasteiger partial charge in [0.2, 0.25) is 5.91 Å². The van der Waals surface area contributed by atoms with Gasteiger partial charge < -0.3 is 19.9 Å². The first-order valence-electron chi connectivity index (χ1n) is 11.1. The highest BCUT2D eigenvalue weighted by atomic mass is 16.5. The third-order valence-electron chi connectivity index (χ3n) is 5.91. The SMILES string of the molecule is CN(C)c1ccc(CN(CC2CCCO2)C(=O)c2ccc(NC(=O)C3CC3)cc2)cc1. The minimum absolute atomic E-state index is 0.0211. The molecule has 1 saturated carbocycles. The summed E-state index contributed by atoms with van der Waals surface area (Å²) in [6.07, 6.45) is 4.04. The van der Waals surface area contributed by atoms with E-state index < -0.39 is 0 Å². The molecule has 1 saturated heterocycles. The van der Waals surface area contributed by atoms with Gasteiger partial charge in [-0.1, -0.05) is 12.1 Å². The number of nitrogens with zero attached hydrogens (tertiary/aromatic N) is 2. The van der Waals surface area contributed by atoms with Crippen LogP contribution in [0.25, 0.3) is 0 Å². The number of anilines is 2. The molecule has 164 valence electrons. The average Bonchev–Trinajstić information content (AvgIpc) is 3.51. The lowest BCUT2D eigenvalue weighted by molar-refractivity contribution is -0.117. The highest BCUT2D eigenvalue weighted by Crippen LogP contribution is 2.30. The lowest BCUT2D eigenvalue weighted by Gasteiger charge is -2.26. The van der Waals surface area contributed by atoms with Gasteiger partial charge in [0.25, 0.3) is 5.91 Å². The maximum atomic E-state index is 13.3. The van der Waals surface area contributed by atoms with Crippen LogP contribution in [0.2, 0.25) is 0 Å². The smallest absolute Gasteiger partial charge is 0.254 e. The summed E-state index contributed by atoms with van der Waals surface area (Å²) in [5, 5.41) is 2.92. The van der Waals surface area contributed by atoms with Crippen LogP contribution >= 0.6 is 0 Å². The molecule has 6 nitrogen and oxygen atoms in total. The third-order valence-corrected chi connectivity index (χ3v) is 5.91. The van der Waals surface area contributed by atoms with Crippen molar-refractivity contribution in [2.45, 2.75) is 38.3 Å². The normalized spacial score (nSPS) is 17.9. The molecule has 31 heavy (non-hydrogen) atoms. The Kier molecular flexibility index (Phi) is 6.56. The second-order valence-electron chi connectivity index (χ2n) is 8.72. The summed E-state index contributed by atoms with van der Waals surface area (Å²) in [5.41, 5.74) is 3.57. The van der Waals surface area contributed by atoms with E-state index in [1.54, 1.807) is 12.1 Å². The number of carbonyl (C=O) groups excluding carboxylic acids is 2. The lowest BCUT2D eigenvalue weighted by atomic mass is 10.1. The largest absolute Gasteiger partial charge is 0.378 e. The van der Waals surface area contributed by atoms with Gasteiger partial charge in [-0.15, -0.1) is 0 Å². The van der Waals surface area contributed by atoms with E-state index in [0.717, 1.165) is 49.2 Å². The Morgan fingerprint density at radius 3 is 2.29 bits per heavy atom. The second-order valence-corrected chi connectivity index (χ2v) is 8.72. The van der Waals surface area contributed by atoms with Crippen molar-refractivity contribution in [3.63, 3.8) is 0 Å². The first-order valence-corrected chi connectivity index (χ1v) is 11.1. The summed E-state index contributed by atoms with van der Waals surface area (Å²) in [5.74, 6) is 0.203. The first kappa shape index (κ1) is 21.4. The van der Waals surface area contributed by atoms with Crippen molar-refractivity contribution in [1.82, 2.24) is 4.90 Å². The van der Waals surface area contributed by atoms with E-state index in [4.69, 9.17) is 4.74 Å². The number of carbonyl (C=O) groups is 2. The molecular weight excluding hydrogens is 390 g/mol. The molecule has 1 aliphatic carbocycles. The van der Waals surface area contributed by atoms with Gasteiger partial charge in [0.1, 0.15) is 0 Å². The topological polar surface area (TPSA) is 61.9 Å². The fraction of sp³-hybridized carbons (Fsp3) is 0.440. The van der Waals surface area contributed by atoms with Crippen LogP contribution in [0.1, 0.15) is 41.6 Å². The van der Waals surface area contributed by atoms with Crippen LogP contribution in [0, 0.1) is 5.92 Å². The monoisotopic (exact) mass is 421 g/mol. The van der Waals surface area contributed by atoms with E-state index >= 15 is 0 Å². The predicted molar refractivity (Wildman–Crippen MR) is 122 cm³/mol. The molecule has 4 rings (SSSR count).